The van der Waals surface area contributed by atoms with Gasteiger partial charge in [-0.3, -0.25) is 0 Å². The lowest BCUT2D eigenvalue weighted by Crippen LogP contribution is -2.18. The molecular weight excluding hydrogens is 163 g/mol. The predicted molar refractivity (Wildman–Crippen MR) is 55.5 cm³/mol. The number of halogens is 1. The summed E-state index contributed by atoms with van der Waals surface area (Å²) in [5.41, 5.74) is 0. The number of alkyl halides is 1. The Morgan fingerprint density at radius 1 is 1.23 bits per heavy atom. The highest BCUT2D eigenvalue weighted by Gasteiger charge is 2.21. The van der Waals surface area contributed by atoms with Gasteiger partial charge in [0.25, 0.3) is 0 Å². The van der Waals surface area contributed by atoms with E-state index in [4.69, 9.17) is 0 Å². The van der Waals surface area contributed by atoms with Crippen LogP contribution in [-0.4, -0.2) is 6.17 Å². The summed E-state index contributed by atoms with van der Waals surface area (Å²) in [4.78, 5) is 0. The van der Waals surface area contributed by atoms with Crippen molar-refractivity contribution in [2.75, 3.05) is 0 Å². The highest BCUT2D eigenvalue weighted by molar-refractivity contribution is 4.73. The molecule has 2 unspecified atom stereocenters. The Hall–Kier alpha value is -0.0700. The summed E-state index contributed by atoms with van der Waals surface area (Å²) in [6.07, 6.45) is 7.76. The first-order valence-corrected chi connectivity index (χ1v) is 5.88. The lowest BCUT2D eigenvalue weighted by Gasteiger charge is -2.28. The molecule has 0 nitrogen and oxygen atoms in total. The standard InChI is InChI=1S/C12H23F/c1-3-12(13)9-10(2)11-7-5-4-6-8-11/h10-12H,3-9H2,1-2H3. The molecule has 78 valence electrons. The van der Waals surface area contributed by atoms with Gasteiger partial charge in [0.15, 0.2) is 0 Å². The Labute approximate surface area is 81.9 Å². The zero-order chi connectivity index (χ0) is 9.68. The minimum Gasteiger partial charge on any atom is -0.247 e. The van der Waals surface area contributed by atoms with Crippen LogP contribution in [0.1, 0.15) is 58.8 Å². The zero-order valence-corrected chi connectivity index (χ0v) is 9.06. The maximum Gasteiger partial charge on any atom is 0.100 e. The summed E-state index contributed by atoms with van der Waals surface area (Å²) >= 11 is 0. The molecule has 1 rings (SSSR count). The third kappa shape index (κ3) is 3.66. The van der Waals surface area contributed by atoms with Crippen LogP contribution in [0, 0.1) is 11.8 Å². The molecule has 1 saturated carbocycles. The molecule has 1 heteroatoms. The van der Waals surface area contributed by atoms with Gasteiger partial charge in [-0.2, -0.15) is 0 Å². The molecule has 1 fully saturated rings. The Kier molecular flexibility index (Phi) is 4.76. The second-order valence-electron chi connectivity index (χ2n) is 4.62. The van der Waals surface area contributed by atoms with Gasteiger partial charge in [0.1, 0.15) is 6.17 Å². The molecule has 0 aromatic carbocycles. The van der Waals surface area contributed by atoms with E-state index in [1.165, 1.54) is 32.1 Å². The van der Waals surface area contributed by atoms with E-state index in [2.05, 4.69) is 6.92 Å². The van der Waals surface area contributed by atoms with Crippen LogP contribution in [0.5, 0.6) is 0 Å². The number of hydrogen-bond acceptors (Lipinski definition) is 0. The third-order valence-corrected chi connectivity index (χ3v) is 3.53. The van der Waals surface area contributed by atoms with Crippen LogP contribution in [0.15, 0.2) is 0 Å². The monoisotopic (exact) mass is 186 g/mol. The molecule has 0 heterocycles. The predicted octanol–water partition coefficient (Wildman–Crippen LogP) is 4.34. The van der Waals surface area contributed by atoms with Crippen molar-refractivity contribution in [2.24, 2.45) is 11.8 Å². The average Bonchev–Trinajstić information content (AvgIpc) is 2.19. The van der Waals surface area contributed by atoms with Crippen LogP contribution in [0.2, 0.25) is 0 Å². The van der Waals surface area contributed by atoms with Crippen molar-refractivity contribution in [2.45, 2.75) is 65.0 Å². The lowest BCUT2D eigenvalue weighted by molar-refractivity contribution is 0.192. The van der Waals surface area contributed by atoms with E-state index in [9.17, 15) is 4.39 Å². The molecule has 13 heavy (non-hydrogen) atoms. The van der Waals surface area contributed by atoms with E-state index in [0.29, 0.717) is 12.3 Å². The summed E-state index contributed by atoms with van der Waals surface area (Å²) in [5.74, 6) is 1.42. The van der Waals surface area contributed by atoms with Crippen LogP contribution in [0.3, 0.4) is 0 Å². The van der Waals surface area contributed by atoms with Gasteiger partial charge in [-0.15, -0.1) is 0 Å². The van der Waals surface area contributed by atoms with Gasteiger partial charge in [-0.1, -0.05) is 46.0 Å². The molecule has 0 N–H and O–H groups in total. The Balaban J connectivity index is 2.24. The van der Waals surface area contributed by atoms with E-state index in [0.717, 1.165) is 12.3 Å². The molecule has 0 aromatic rings. The SMILES string of the molecule is CCC(F)CC(C)C1CCCCC1. The van der Waals surface area contributed by atoms with Crippen LogP contribution in [-0.2, 0) is 0 Å². The first-order chi connectivity index (χ1) is 6.24. The Morgan fingerprint density at radius 2 is 1.85 bits per heavy atom. The molecular formula is C12H23F. The molecule has 0 aromatic heterocycles. The maximum atomic E-state index is 13.1. The van der Waals surface area contributed by atoms with Gasteiger partial charge in [0.05, 0.1) is 0 Å². The summed E-state index contributed by atoms with van der Waals surface area (Å²) in [6, 6.07) is 0. The number of hydrogen-bond donors (Lipinski definition) is 0. The van der Waals surface area contributed by atoms with Crippen LogP contribution in [0.4, 0.5) is 4.39 Å². The second-order valence-corrected chi connectivity index (χ2v) is 4.62. The van der Waals surface area contributed by atoms with Crippen LogP contribution >= 0.6 is 0 Å². The van der Waals surface area contributed by atoms with Crippen molar-refractivity contribution in [3.05, 3.63) is 0 Å². The quantitative estimate of drug-likeness (QED) is 0.612. The molecule has 1 aliphatic carbocycles. The van der Waals surface area contributed by atoms with E-state index >= 15 is 0 Å². The first-order valence-electron chi connectivity index (χ1n) is 5.88. The average molecular weight is 186 g/mol. The van der Waals surface area contributed by atoms with Crippen molar-refractivity contribution in [3.8, 4) is 0 Å². The first kappa shape index (κ1) is 11.0. The fraction of sp³-hybridized carbons (Fsp3) is 1.00. The topological polar surface area (TPSA) is 0 Å². The molecule has 0 amide bonds. The summed E-state index contributed by atoms with van der Waals surface area (Å²) in [6.45, 7) is 4.18. The molecule has 2 atom stereocenters. The summed E-state index contributed by atoms with van der Waals surface area (Å²) in [7, 11) is 0. The second kappa shape index (κ2) is 5.62. The molecule has 0 spiro atoms. The fourth-order valence-corrected chi connectivity index (χ4v) is 2.47. The lowest BCUT2D eigenvalue weighted by atomic mass is 9.78. The van der Waals surface area contributed by atoms with E-state index in [1.54, 1.807) is 0 Å². The van der Waals surface area contributed by atoms with Gasteiger partial charge >= 0.3 is 0 Å². The number of rotatable bonds is 4. The molecule has 0 bridgehead atoms. The smallest absolute Gasteiger partial charge is 0.100 e. The molecule has 1 aliphatic rings. The molecule has 0 saturated heterocycles. The largest absolute Gasteiger partial charge is 0.247 e. The van der Waals surface area contributed by atoms with E-state index in [1.807, 2.05) is 6.92 Å². The highest BCUT2D eigenvalue weighted by Crippen LogP contribution is 2.32. The van der Waals surface area contributed by atoms with Crippen LogP contribution in [0.25, 0.3) is 0 Å². The van der Waals surface area contributed by atoms with Crippen molar-refractivity contribution in [1.82, 2.24) is 0 Å². The maximum absolute atomic E-state index is 13.1. The van der Waals surface area contributed by atoms with E-state index in [-0.39, 0.29) is 0 Å². The molecule has 0 aliphatic heterocycles. The molecule has 0 radical (unpaired) electrons. The van der Waals surface area contributed by atoms with Crippen molar-refractivity contribution in [3.63, 3.8) is 0 Å². The van der Waals surface area contributed by atoms with Gasteiger partial charge in [0, 0.05) is 0 Å². The normalized spacial score (nSPS) is 24.2. The van der Waals surface area contributed by atoms with Gasteiger partial charge < -0.3 is 0 Å². The van der Waals surface area contributed by atoms with Gasteiger partial charge in [-0.05, 0) is 24.7 Å². The fourth-order valence-electron chi connectivity index (χ4n) is 2.47. The van der Waals surface area contributed by atoms with E-state index < -0.39 is 6.17 Å². The van der Waals surface area contributed by atoms with Crippen molar-refractivity contribution in [1.29, 1.82) is 0 Å². The minimum absolute atomic E-state index is 0.558. The summed E-state index contributed by atoms with van der Waals surface area (Å²) < 4.78 is 13.1. The van der Waals surface area contributed by atoms with Gasteiger partial charge in [0.2, 0.25) is 0 Å². The van der Waals surface area contributed by atoms with Crippen molar-refractivity contribution < 1.29 is 4.39 Å². The Morgan fingerprint density at radius 3 is 2.38 bits per heavy atom. The minimum atomic E-state index is -0.558. The van der Waals surface area contributed by atoms with Gasteiger partial charge in [-0.25, -0.2) is 4.39 Å². The van der Waals surface area contributed by atoms with Crippen LogP contribution < -0.4 is 0 Å². The summed E-state index contributed by atoms with van der Waals surface area (Å²) in [5, 5.41) is 0. The van der Waals surface area contributed by atoms with Crippen molar-refractivity contribution >= 4 is 0 Å². The third-order valence-electron chi connectivity index (χ3n) is 3.53. The Bertz CT molecular complexity index is 127. The highest BCUT2D eigenvalue weighted by atomic mass is 19.1. The zero-order valence-electron chi connectivity index (χ0n) is 9.06.